The highest BCUT2D eigenvalue weighted by molar-refractivity contribution is 5.95. The van der Waals surface area contributed by atoms with E-state index in [2.05, 4.69) is 10.6 Å². The molecule has 2 N–H and O–H groups in total. The molecule has 2 aliphatic heterocycles. The van der Waals surface area contributed by atoms with E-state index in [-0.39, 0.29) is 35.5 Å². The van der Waals surface area contributed by atoms with E-state index in [0.29, 0.717) is 23.2 Å². The van der Waals surface area contributed by atoms with Crippen molar-refractivity contribution in [1.82, 2.24) is 10.6 Å². The Morgan fingerprint density at radius 1 is 1.24 bits per heavy atom. The number of amides is 1. The zero-order valence-electron chi connectivity index (χ0n) is 14.9. The number of benzene rings is 1. The van der Waals surface area contributed by atoms with Gasteiger partial charge in [0.1, 0.15) is 0 Å². The number of hydrogen-bond donors (Lipinski definition) is 2. The highest BCUT2D eigenvalue weighted by Crippen LogP contribution is 2.32. The molecular weight excluding hydrogens is 342 g/mol. The summed E-state index contributed by atoms with van der Waals surface area (Å²) < 4.78 is 0. The number of carbonyl (C=O) groups is 1. The van der Waals surface area contributed by atoms with Gasteiger partial charge in [0.25, 0.3) is 11.6 Å². The average Bonchev–Trinajstić information content (AvgIpc) is 2.84. The number of nitrogens with zero attached hydrogens (tertiary/aromatic N) is 1. The van der Waals surface area contributed by atoms with Gasteiger partial charge in [-0.2, -0.15) is 0 Å². The molecule has 25 heavy (non-hydrogen) atoms. The van der Waals surface area contributed by atoms with Crippen LogP contribution >= 0.6 is 12.4 Å². The highest BCUT2D eigenvalue weighted by Gasteiger charge is 2.34. The molecule has 2 aliphatic rings. The number of hydrogen-bond acceptors (Lipinski definition) is 4. The lowest BCUT2D eigenvalue weighted by Crippen LogP contribution is -2.48. The van der Waals surface area contributed by atoms with Crippen LogP contribution in [0.4, 0.5) is 5.69 Å². The van der Waals surface area contributed by atoms with Crippen LogP contribution in [-0.4, -0.2) is 29.0 Å². The van der Waals surface area contributed by atoms with Gasteiger partial charge >= 0.3 is 0 Å². The minimum absolute atomic E-state index is 0. The van der Waals surface area contributed by atoms with E-state index < -0.39 is 4.92 Å². The van der Waals surface area contributed by atoms with Crippen LogP contribution in [0.15, 0.2) is 18.2 Å². The lowest BCUT2D eigenvalue weighted by molar-refractivity contribution is -0.386. The van der Waals surface area contributed by atoms with Gasteiger partial charge in [-0.25, -0.2) is 0 Å². The summed E-state index contributed by atoms with van der Waals surface area (Å²) in [5.41, 5.74) is 0.677. The summed E-state index contributed by atoms with van der Waals surface area (Å²) >= 11 is 0. The number of rotatable bonds is 3. The smallest absolute Gasteiger partial charge is 0.273 e. The maximum absolute atomic E-state index is 12.5. The second-order valence-corrected chi connectivity index (χ2v) is 8.02. The number of fused-ring (bicyclic) bond motifs is 2. The SMILES string of the molecule is CC(C)(C)c1ccc(C(=O)NC2CC3CCC(C2)N3)cc1[N+](=O)[O-].Cl. The van der Waals surface area contributed by atoms with E-state index in [1.165, 1.54) is 18.9 Å². The minimum Gasteiger partial charge on any atom is -0.349 e. The van der Waals surface area contributed by atoms with Crippen molar-refractivity contribution in [3.63, 3.8) is 0 Å². The molecule has 2 bridgehead atoms. The van der Waals surface area contributed by atoms with Gasteiger partial charge in [0.05, 0.1) is 4.92 Å². The fraction of sp³-hybridized carbons (Fsp3) is 0.611. The van der Waals surface area contributed by atoms with Gasteiger partial charge in [0.15, 0.2) is 0 Å². The summed E-state index contributed by atoms with van der Waals surface area (Å²) in [6.45, 7) is 5.79. The maximum Gasteiger partial charge on any atom is 0.273 e. The van der Waals surface area contributed by atoms with Crippen molar-refractivity contribution in [2.45, 2.75) is 70.0 Å². The van der Waals surface area contributed by atoms with Crippen molar-refractivity contribution in [2.24, 2.45) is 0 Å². The number of nitro benzene ring substituents is 1. The predicted molar refractivity (Wildman–Crippen MR) is 99.5 cm³/mol. The molecule has 3 rings (SSSR count). The summed E-state index contributed by atoms with van der Waals surface area (Å²) in [7, 11) is 0. The molecule has 2 unspecified atom stereocenters. The number of carbonyl (C=O) groups excluding carboxylic acids is 1. The molecule has 0 saturated carbocycles. The lowest BCUT2D eigenvalue weighted by Gasteiger charge is -2.29. The third-order valence-electron chi connectivity index (χ3n) is 5.07. The van der Waals surface area contributed by atoms with Crippen LogP contribution in [0, 0.1) is 10.1 Å². The van der Waals surface area contributed by atoms with Gasteiger partial charge in [0.2, 0.25) is 0 Å². The molecule has 2 saturated heterocycles. The standard InChI is InChI=1S/C18H25N3O3.ClH/c1-18(2,3)15-7-4-11(8-16(15)21(23)24)17(22)20-14-9-12-5-6-13(10-14)19-12;/h4,7-8,12-14,19H,5-6,9-10H2,1-3H3,(H,20,22);1H. The number of piperidine rings is 1. The van der Waals surface area contributed by atoms with E-state index in [9.17, 15) is 14.9 Å². The molecule has 1 aromatic carbocycles. The van der Waals surface area contributed by atoms with Crippen LogP contribution in [-0.2, 0) is 5.41 Å². The fourth-order valence-electron chi connectivity index (χ4n) is 3.90. The van der Waals surface area contributed by atoms with E-state index in [1.807, 2.05) is 20.8 Å². The molecule has 6 nitrogen and oxygen atoms in total. The Morgan fingerprint density at radius 2 is 1.84 bits per heavy atom. The normalized spacial score (nSPS) is 25.2. The van der Waals surface area contributed by atoms with Gasteiger partial charge in [-0.15, -0.1) is 12.4 Å². The van der Waals surface area contributed by atoms with E-state index >= 15 is 0 Å². The molecule has 0 aromatic heterocycles. The first-order chi connectivity index (χ1) is 11.2. The zero-order valence-corrected chi connectivity index (χ0v) is 15.7. The Morgan fingerprint density at radius 3 is 2.36 bits per heavy atom. The van der Waals surface area contributed by atoms with Crippen LogP contribution in [0.2, 0.25) is 0 Å². The molecule has 7 heteroatoms. The monoisotopic (exact) mass is 367 g/mol. The van der Waals surface area contributed by atoms with Crippen molar-refractivity contribution >= 4 is 24.0 Å². The molecule has 138 valence electrons. The summed E-state index contributed by atoms with van der Waals surface area (Å²) in [5.74, 6) is -0.218. The van der Waals surface area contributed by atoms with Crippen molar-refractivity contribution in [2.75, 3.05) is 0 Å². The van der Waals surface area contributed by atoms with Gasteiger partial charge < -0.3 is 10.6 Å². The van der Waals surface area contributed by atoms with Crippen molar-refractivity contribution in [3.8, 4) is 0 Å². The third-order valence-corrected chi connectivity index (χ3v) is 5.07. The molecule has 2 atom stereocenters. The number of nitrogens with one attached hydrogen (secondary N) is 2. The molecule has 0 spiro atoms. The van der Waals surface area contributed by atoms with Crippen molar-refractivity contribution < 1.29 is 9.72 Å². The van der Waals surface area contributed by atoms with E-state index in [4.69, 9.17) is 0 Å². The topological polar surface area (TPSA) is 84.3 Å². The number of nitro groups is 1. The summed E-state index contributed by atoms with van der Waals surface area (Å²) in [4.78, 5) is 23.5. The van der Waals surface area contributed by atoms with Gasteiger partial charge in [-0.05, 0) is 37.2 Å². The zero-order chi connectivity index (χ0) is 17.5. The van der Waals surface area contributed by atoms with Crippen LogP contribution in [0.5, 0.6) is 0 Å². The molecule has 0 radical (unpaired) electrons. The molecule has 0 aliphatic carbocycles. The Balaban J connectivity index is 0.00000225. The van der Waals surface area contributed by atoms with Crippen LogP contribution < -0.4 is 10.6 Å². The first-order valence-electron chi connectivity index (χ1n) is 8.60. The Bertz CT molecular complexity index is 660. The van der Waals surface area contributed by atoms with Crippen LogP contribution in [0.25, 0.3) is 0 Å². The minimum atomic E-state index is -0.401. The second-order valence-electron chi connectivity index (χ2n) is 8.02. The first kappa shape index (κ1) is 19.7. The van der Waals surface area contributed by atoms with Crippen molar-refractivity contribution in [3.05, 3.63) is 39.4 Å². The third kappa shape index (κ3) is 4.30. The van der Waals surface area contributed by atoms with Gasteiger partial charge in [0, 0.05) is 35.3 Å². The molecule has 2 heterocycles. The quantitative estimate of drug-likeness (QED) is 0.634. The highest BCUT2D eigenvalue weighted by atomic mass is 35.5. The van der Waals surface area contributed by atoms with Crippen LogP contribution in [0.1, 0.15) is 62.4 Å². The Labute approximate surface area is 154 Å². The van der Waals surface area contributed by atoms with E-state index in [1.54, 1.807) is 12.1 Å². The largest absolute Gasteiger partial charge is 0.349 e. The Hall–Kier alpha value is -1.66. The summed E-state index contributed by atoms with van der Waals surface area (Å²) in [5, 5.41) is 18.0. The van der Waals surface area contributed by atoms with Crippen molar-refractivity contribution in [1.29, 1.82) is 0 Å². The predicted octanol–water partition coefficient (Wildman–Crippen LogP) is 3.33. The lowest BCUT2D eigenvalue weighted by atomic mass is 9.85. The van der Waals surface area contributed by atoms with E-state index in [0.717, 1.165) is 12.8 Å². The first-order valence-corrected chi connectivity index (χ1v) is 8.60. The average molecular weight is 368 g/mol. The number of halogens is 1. The van der Waals surface area contributed by atoms with Gasteiger partial charge in [-0.1, -0.05) is 26.8 Å². The van der Waals surface area contributed by atoms with Crippen LogP contribution in [0.3, 0.4) is 0 Å². The fourth-order valence-corrected chi connectivity index (χ4v) is 3.90. The molecule has 1 amide bonds. The molecule has 2 fully saturated rings. The summed E-state index contributed by atoms with van der Waals surface area (Å²) in [6.07, 6.45) is 4.21. The Kier molecular flexibility index (Phi) is 5.74. The molecular formula is C18H26ClN3O3. The second kappa shape index (κ2) is 7.30. The maximum atomic E-state index is 12.5. The summed E-state index contributed by atoms with van der Waals surface area (Å²) in [6, 6.07) is 5.94. The van der Waals surface area contributed by atoms with Gasteiger partial charge in [-0.3, -0.25) is 14.9 Å². The molecule has 1 aromatic rings.